The topological polar surface area (TPSA) is 73.8 Å². The molecule has 3 rings (SSSR count). The highest BCUT2D eigenvalue weighted by Crippen LogP contribution is 2.33. The van der Waals surface area contributed by atoms with Gasteiger partial charge in [-0.25, -0.2) is 4.79 Å². The van der Waals surface area contributed by atoms with Gasteiger partial charge in [0.05, 0.1) is 19.5 Å². The maximum atomic E-state index is 12.6. The van der Waals surface area contributed by atoms with Gasteiger partial charge >= 0.3 is 5.69 Å². The first-order valence-electron chi connectivity index (χ1n) is 16.1. The first-order chi connectivity index (χ1) is 19.0. The highest BCUT2D eigenvalue weighted by atomic mass is 16.5. The smallest absolute Gasteiger partial charge is 0.329 e. The van der Waals surface area contributed by atoms with Crippen molar-refractivity contribution in [1.29, 1.82) is 0 Å². The number of aromatic nitrogens is 2. The third-order valence-corrected chi connectivity index (χ3v) is 8.73. The number of nitrogens with one attached hydrogen (secondary N) is 1. The molecule has 0 saturated carbocycles. The number of nitrogens with zero attached hydrogens (tertiary/aromatic N) is 4. The molecule has 1 saturated heterocycles. The number of fused-ring (bicyclic) bond motifs is 1. The average molecular weight is 548 g/mol. The van der Waals surface area contributed by atoms with Gasteiger partial charge in [0.15, 0.2) is 0 Å². The Morgan fingerprint density at radius 3 is 2.08 bits per heavy atom. The van der Waals surface area contributed by atoms with Gasteiger partial charge in [0.1, 0.15) is 11.5 Å². The van der Waals surface area contributed by atoms with Crippen LogP contribution in [0.1, 0.15) is 117 Å². The Hall–Kier alpha value is -1.80. The van der Waals surface area contributed by atoms with Crippen molar-refractivity contribution >= 4 is 11.5 Å². The van der Waals surface area contributed by atoms with E-state index >= 15 is 0 Å². The van der Waals surface area contributed by atoms with Crippen molar-refractivity contribution in [2.45, 2.75) is 123 Å². The molecule has 0 bridgehead atoms. The van der Waals surface area contributed by atoms with Crippen molar-refractivity contribution < 1.29 is 4.74 Å². The Kier molecular flexibility index (Phi) is 13.9. The van der Waals surface area contributed by atoms with E-state index in [2.05, 4.69) is 28.6 Å². The van der Waals surface area contributed by atoms with Crippen LogP contribution in [0.5, 0.6) is 0 Å². The number of H-pyrrole nitrogens is 1. The van der Waals surface area contributed by atoms with E-state index in [9.17, 15) is 9.59 Å². The lowest BCUT2D eigenvalue weighted by atomic mass is 9.94. The molecular weight excluding hydrogens is 490 g/mol. The molecule has 2 atom stereocenters. The van der Waals surface area contributed by atoms with E-state index in [1.807, 2.05) is 11.9 Å². The van der Waals surface area contributed by atoms with E-state index in [-0.39, 0.29) is 17.4 Å². The van der Waals surface area contributed by atoms with Crippen LogP contribution in [0.4, 0.5) is 11.5 Å². The van der Waals surface area contributed by atoms with Crippen LogP contribution in [0.25, 0.3) is 0 Å². The van der Waals surface area contributed by atoms with Gasteiger partial charge in [-0.1, -0.05) is 104 Å². The third-order valence-electron chi connectivity index (χ3n) is 8.73. The van der Waals surface area contributed by atoms with Gasteiger partial charge in [-0.15, -0.1) is 0 Å². The van der Waals surface area contributed by atoms with Gasteiger partial charge in [-0.05, 0) is 12.8 Å². The minimum atomic E-state index is -0.352. The second-order valence-electron chi connectivity index (χ2n) is 12.1. The molecule has 0 radical (unpaired) electrons. The molecule has 1 aromatic rings. The molecule has 3 heterocycles. The SMILES string of the molecule is CCCCCCCCCCCCN1COC(C(CCCCCCC)CN2CN(C)c3c2n(C)c(=O)[nH]c3=O)C1. The summed E-state index contributed by atoms with van der Waals surface area (Å²) in [6, 6.07) is 0. The highest BCUT2D eigenvalue weighted by molar-refractivity contribution is 5.71. The largest absolute Gasteiger partial charge is 0.361 e. The quantitative estimate of drug-likeness (QED) is 0.207. The van der Waals surface area contributed by atoms with Crippen LogP contribution in [0.15, 0.2) is 9.59 Å². The Bertz CT molecular complexity index is 945. The summed E-state index contributed by atoms with van der Waals surface area (Å²) in [5.41, 5.74) is -0.0577. The number of unbranched alkanes of at least 4 members (excludes halogenated alkanes) is 13. The predicted octanol–water partition coefficient (Wildman–Crippen LogP) is 5.84. The van der Waals surface area contributed by atoms with E-state index < -0.39 is 0 Å². The van der Waals surface area contributed by atoms with Crippen LogP contribution in [0.2, 0.25) is 0 Å². The fourth-order valence-electron chi connectivity index (χ4n) is 6.35. The molecule has 8 nitrogen and oxygen atoms in total. The van der Waals surface area contributed by atoms with Crippen LogP contribution >= 0.6 is 0 Å². The lowest BCUT2D eigenvalue weighted by Crippen LogP contribution is -2.40. The Labute approximate surface area is 237 Å². The van der Waals surface area contributed by atoms with Crippen molar-refractivity contribution in [3.8, 4) is 0 Å². The summed E-state index contributed by atoms with van der Waals surface area (Å²) >= 11 is 0. The summed E-state index contributed by atoms with van der Waals surface area (Å²) in [5.74, 6) is 1.11. The van der Waals surface area contributed by atoms with Crippen LogP contribution in [0.3, 0.4) is 0 Å². The molecule has 1 aromatic heterocycles. The molecule has 2 aliphatic heterocycles. The molecule has 1 fully saturated rings. The molecule has 0 aromatic carbocycles. The van der Waals surface area contributed by atoms with E-state index in [0.29, 0.717) is 18.3 Å². The molecule has 0 amide bonds. The Morgan fingerprint density at radius 1 is 0.846 bits per heavy atom. The maximum absolute atomic E-state index is 12.6. The summed E-state index contributed by atoms with van der Waals surface area (Å²) in [6.07, 6.45) is 21.2. The number of rotatable bonds is 20. The lowest BCUT2D eigenvalue weighted by molar-refractivity contribution is 0.0526. The van der Waals surface area contributed by atoms with Crippen molar-refractivity contribution in [2.75, 3.05) is 49.9 Å². The minimum absolute atomic E-state index is 0.202. The molecule has 8 heteroatoms. The molecule has 2 unspecified atom stereocenters. The van der Waals surface area contributed by atoms with E-state index in [0.717, 1.165) is 38.6 Å². The Balaban J connectivity index is 1.50. The average Bonchev–Trinajstić information content (AvgIpc) is 3.52. The minimum Gasteiger partial charge on any atom is -0.361 e. The van der Waals surface area contributed by atoms with Crippen LogP contribution in [0, 0.1) is 5.92 Å². The summed E-state index contributed by atoms with van der Waals surface area (Å²) in [6.45, 7) is 8.79. The monoisotopic (exact) mass is 547 g/mol. The van der Waals surface area contributed by atoms with Crippen LogP contribution in [-0.4, -0.2) is 60.6 Å². The van der Waals surface area contributed by atoms with Gasteiger partial charge in [0, 0.05) is 39.6 Å². The normalized spacial score (nSPS) is 18.3. The third kappa shape index (κ3) is 9.66. The first kappa shape index (κ1) is 31.7. The zero-order chi connectivity index (χ0) is 28.0. The number of aromatic amines is 1. The van der Waals surface area contributed by atoms with Crippen molar-refractivity contribution in [1.82, 2.24) is 14.5 Å². The van der Waals surface area contributed by atoms with Crippen molar-refractivity contribution in [2.24, 2.45) is 13.0 Å². The zero-order valence-corrected chi connectivity index (χ0v) is 25.5. The fourth-order valence-corrected chi connectivity index (χ4v) is 6.35. The van der Waals surface area contributed by atoms with E-state index in [1.165, 1.54) is 96.3 Å². The van der Waals surface area contributed by atoms with Gasteiger partial charge in [-0.3, -0.25) is 19.2 Å². The first-order valence-corrected chi connectivity index (χ1v) is 16.1. The molecular formula is C31H57N5O3. The molecule has 39 heavy (non-hydrogen) atoms. The molecule has 0 spiro atoms. The second-order valence-corrected chi connectivity index (χ2v) is 12.1. The molecule has 2 aliphatic rings. The number of anilines is 2. The van der Waals surface area contributed by atoms with Gasteiger partial charge in [0.25, 0.3) is 5.56 Å². The number of ether oxygens (including phenoxy) is 1. The summed E-state index contributed by atoms with van der Waals surface area (Å²) < 4.78 is 7.99. The van der Waals surface area contributed by atoms with Crippen LogP contribution in [-0.2, 0) is 11.8 Å². The summed E-state index contributed by atoms with van der Waals surface area (Å²) in [4.78, 5) is 34.1. The number of hydrogen-bond donors (Lipinski definition) is 1. The molecule has 224 valence electrons. The zero-order valence-electron chi connectivity index (χ0n) is 25.5. The van der Waals surface area contributed by atoms with Crippen molar-refractivity contribution in [3.05, 3.63) is 20.8 Å². The standard InChI is InChI=1S/C31H57N5O3/c1-5-7-9-11-12-13-14-15-17-19-21-35-23-27(39-25-35)26(20-18-16-10-8-6-2)22-36-24-33(3)28-29(37)32-31(38)34(4)30(28)36/h26-27H,5-25H2,1-4H3,(H,32,37,38). The van der Waals surface area contributed by atoms with Gasteiger partial charge in [-0.2, -0.15) is 0 Å². The van der Waals surface area contributed by atoms with Gasteiger partial charge < -0.3 is 14.5 Å². The predicted molar refractivity (Wildman–Crippen MR) is 163 cm³/mol. The van der Waals surface area contributed by atoms with Crippen LogP contribution < -0.4 is 21.0 Å². The highest BCUT2D eigenvalue weighted by Gasteiger charge is 2.35. The second kappa shape index (κ2) is 17.1. The molecule has 1 N–H and O–H groups in total. The summed E-state index contributed by atoms with van der Waals surface area (Å²) in [5, 5.41) is 0. The fraction of sp³-hybridized carbons (Fsp3) is 0.871. The van der Waals surface area contributed by atoms with Gasteiger partial charge in [0.2, 0.25) is 0 Å². The van der Waals surface area contributed by atoms with Crippen molar-refractivity contribution in [3.63, 3.8) is 0 Å². The maximum Gasteiger partial charge on any atom is 0.329 e. The lowest BCUT2D eigenvalue weighted by Gasteiger charge is -2.29. The Morgan fingerprint density at radius 2 is 1.44 bits per heavy atom. The van der Waals surface area contributed by atoms with E-state index in [1.54, 1.807) is 11.6 Å². The van der Waals surface area contributed by atoms with E-state index in [4.69, 9.17) is 4.74 Å². The summed E-state index contributed by atoms with van der Waals surface area (Å²) in [7, 11) is 3.68. The molecule has 0 aliphatic carbocycles. The number of hydrogen-bond acceptors (Lipinski definition) is 6.